The molecule has 0 fully saturated rings. The van der Waals surface area contributed by atoms with E-state index in [9.17, 15) is 0 Å². The minimum Gasteiger partial charge on any atom is -0.456 e. The van der Waals surface area contributed by atoms with Crippen LogP contribution in [0, 0.1) is 6.92 Å². The minimum absolute atomic E-state index is 0.0726. The van der Waals surface area contributed by atoms with E-state index in [1.807, 2.05) is 19.1 Å². The Morgan fingerprint density at radius 2 is 2.29 bits per heavy atom. The first-order chi connectivity index (χ1) is 6.79. The van der Waals surface area contributed by atoms with Gasteiger partial charge in [0.1, 0.15) is 12.0 Å². The van der Waals surface area contributed by atoms with Gasteiger partial charge in [0.2, 0.25) is 0 Å². The largest absolute Gasteiger partial charge is 0.456 e. The zero-order valence-electron chi connectivity index (χ0n) is 7.86. The van der Waals surface area contributed by atoms with Crippen molar-refractivity contribution < 1.29 is 13.9 Å². The molecule has 74 valence electrons. The van der Waals surface area contributed by atoms with Crippen molar-refractivity contribution in [2.45, 2.75) is 13.3 Å². The fourth-order valence-electron chi connectivity index (χ4n) is 1.20. The highest BCUT2D eigenvalue weighted by Gasteiger charge is 2.09. The number of aromatic nitrogens is 1. The van der Waals surface area contributed by atoms with Crippen LogP contribution in [0.3, 0.4) is 0 Å². The Morgan fingerprint density at radius 3 is 2.93 bits per heavy atom. The highest BCUT2D eigenvalue weighted by molar-refractivity contribution is 5.44. The Balaban J connectivity index is 2.24. The van der Waals surface area contributed by atoms with Crippen LogP contribution in [0.2, 0.25) is 0 Å². The van der Waals surface area contributed by atoms with Gasteiger partial charge in [-0.25, -0.2) is 4.98 Å². The predicted octanol–water partition coefficient (Wildman–Crippen LogP) is 1.78. The van der Waals surface area contributed by atoms with Crippen LogP contribution in [0.25, 0.3) is 11.7 Å². The zero-order chi connectivity index (χ0) is 9.97. The van der Waals surface area contributed by atoms with E-state index in [0.717, 1.165) is 11.5 Å². The molecular formula is C10H11NO3. The lowest BCUT2D eigenvalue weighted by Crippen LogP contribution is -1.89. The van der Waals surface area contributed by atoms with Crippen LogP contribution >= 0.6 is 0 Å². The molecule has 0 spiro atoms. The molecule has 0 unspecified atom stereocenters. The van der Waals surface area contributed by atoms with E-state index in [1.54, 1.807) is 0 Å². The second-order valence-corrected chi connectivity index (χ2v) is 3.03. The molecule has 4 heteroatoms. The Bertz CT molecular complexity index is 416. The number of nitrogens with zero attached hydrogens (tertiary/aromatic N) is 1. The van der Waals surface area contributed by atoms with Gasteiger partial charge >= 0.3 is 0 Å². The van der Waals surface area contributed by atoms with Crippen molar-refractivity contribution >= 4 is 0 Å². The van der Waals surface area contributed by atoms with Crippen LogP contribution in [0.15, 0.2) is 27.2 Å². The molecule has 0 aliphatic rings. The minimum atomic E-state index is 0.0726. The van der Waals surface area contributed by atoms with E-state index in [1.165, 1.54) is 6.26 Å². The SMILES string of the molecule is Cc1ccc(-c2nc(CCO)co2)o1. The molecule has 14 heavy (non-hydrogen) atoms. The van der Waals surface area contributed by atoms with Crippen LogP contribution in [-0.2, 0) is 6.42 Å². The topological polar surface area (TPSA) is 59.4 Å². The van der Waals surface area contributed by atoms with E-state index >= 15 is 0 Å². The molecule has 0 radical (unpaired) electrons. The summed E-state index contributed by atoms with van der Waals surface area (Å²) in [6, 6.07) is 3.66. The molecule has 2 aromatic rings. The van der Waals surface area contributed by atoms with E-state index in [-0.39, 0.29) is 6.61 Å². The first kappa shape index (κ1) is 9.02. The van der Waals surface area contributed by atoms with Gasteiger partial charge in [0.15, 0.2) is 5.76 Å². The van der Waals surface area contributed by atoms with Crippen molar-refractivity contribution in [1.82, 2.24) is 4.98 Å². The van der Waals surface area contributed by atoms with Gasteiger partial charge in [0, 0.05) is 13.0 Å². The standard InChI is InChI=1S/C10H11NO3/c1-7-2-3-9(14-7)10-11-8(4-5-12)6-13-10/h2-3,6,12H,4-5H2,1H3. The molecule has 2 aromatic heterocycles. The molecule has 2 heterocycles. The molecule has 0 bridgehead atoms. The number of hydrogen-bond acceptors (Lipinski definition) is 4. The summed E-state index contributed by atoms with van der Waals surface area (Å²) in [5.74, 6) is 1.90. The van der Waals surface area contributed by atoms with E-state index in [2.05, 4.69) is 4.98 Å². The van der Waals surface area contributed by atoms with Crippen molar-refractivity contribution in [3.05, 3.63) is 29.9 Å². The van der Waals surface area contributed by atoms with Gasteiger partial charge in [-0.15, -0.1) is 0 Å². The maximum absolute atomic E-state index is 8.70. The van der Waals surface area contributed by atoms with Gasteiger partial charge in [-0.1, -0.05) is 0 Å². The second-order valence-electron chi connectivity index (χ2n) is 3.03. The van der Waals surface area contributed by atoms with Gasteiger partial charge in [-0.2, -0.15) is 0 Å². The third kappa shape index (κ3) is 1.70. The third-order valence-electron chi connectivity index (χ3n) is 1.87. The number of aliphatic hydroxyl groups is 1. The first-order valence-corrected chi connectivity index (χ1v) is 4.41. The third-order valence-corrected chi connectivity index (χ3v) is 1.87. The lowest BCUT2D eigenvalue weighted by Gasteiger charge is -1.87. The molecule has 0 aliphatic carbocycles. The maximum atomic E-state index is 8.70. The van der Waals surface area contributed by atoms with Crippen LogP contribution < -0.4 is 0 Å². The van der Waals surface area contributed by atoms with Gasteiger partial charge < -0.3 is 13.9 Å². The number of furan rings is 1. The monoisotopic (exact) mass is 193 g/mol. The molecule has 0 atom stereocenters. The van der Waals surface area contributed by atoms with Crippen molar-refractivity contribution in [3.63, 3.8) is 0 Å². The highest BCUT2D eigenvalue weighted by Crippen LogP contribution is 2.20. The van der Waals surface area contributed by atoms with Crippen LogP contribution in [0.5, 0.6) is 0 Å². The quantitative estimate of drug-likeness (QED) is 0.807. The van der Waals surface area contributed by atoms with Gasteiger partial charge in [0.25, 0.3) is 5.89 Å². The summed E-state index contributed by atoms with van der Waals surface area (Å²) in [5.41, 5.74) is 0.733. The molecule has 0 saturated carbocycles. The Hall–Kier alpha value is -1.55. The van der Waals surface area contributed by atoms with Gasteiger partial charge in [0.05, 0.1) is 5.69 Å². The van der Waals surface area contributed by atoms with Crippen molar-refractivity contribution in [3.8, 4) is 11.7 Å². The summed E-state index contributed by atoms with van der Waals surface area (Å²) in [7, 11) is 0. The van der Waals surface area contributed by atoms with Gasteiger partial charge in [-0.3, -0.25) is 0 Å². The molecule has 0 saturated heterocycles. The lowest BCUT2D eigenvalue weighted by atomic mass is 10.3. The smallest absolute Gasteiger partial charge is 0.262 e. The number of rotatable bonds is 3. The number of aryl methyl sites for hydroxylation is 1. The predicted molar refractivity (Wildman–Crippen MR) is 49.7 cm³/mol. The second kappa shape index (κ2) is 3.67. The zero-order valence-corrected chi connectivity index (χ0v) is 7.86. The summed E-state index contributed by atoms with van der Waals surface area (Å²) >= 11 is 0. The Morgan fingerprint density at radius 1 is 1.43 bits per heavy atom. The highest BCUT2D eigenvalue weighted by atomic mass is 16.4. The van der Waals surface area contributed by atoms with Crippen LogP contribution in [0.1, 0.15) is 11.5 Å². The van der Waals surface area contributed by atoms with E-state index in [4.69, 9.17) is 13.9 Å². The average molecular weight is 193 g/mol. The lowest BCUT2D eigenvalue weighted by molar-refractivity contribution is 0.298. The number of aliphatic hydroxyl groups excluding tert-OH is 1. The molecule has 0 aliphatic heterocycles. The van der Waals surface area contributed by atoms with Crippen LogP contribution in [0.4, 0.5) is 0 Å². The Kier molecular flexibility index (Phi) is 2.37. The molecule has 0 aromatic carbocycles. The summed E-state index contributed by atoms with van der Waals surface area (Å²) < 4.78 is 10.5. The molecular weight excluding hydrogens is 182 g/mol. The molecule has 0 amide bonds. The van der Waals surface area contributed by atoms with E-state index < -0.39 is 0 Å². The number of oxazole rings is 1. The van der Waals surface area contributed by atoms with E-state index in [0.29, 0.717) is 18.1 Å². The summed E-state index contributed by atoms with van der Waals surface area (Å²) in [6.45, 7) is 1.93. The van der Waals surface area contributed by atoms with Crippen molar-refractivity contribution in [2.75, 3.05) is 6.61 Å². The molecule has 2 rings (SSSR count). The number of hydrogen-bond donors (Lipinski definition) is 1. The Labute approximate surface area is 81.2 Å². The fraction of sp³-hybridized carbons (Fsp3) is 0.300. The summed E-state index contributed by atoms with van der Waals surface area (Å²) in [4.78, 5) is 4.16. The maximum Gasteiger partial charge on any atom is 0.262 e. The molecule has 4 nitrogen and oxygen atoms in total. The van der Waals surface area contributed by atoms with Crippen molar-refractivity contribution in [2.24, 2.45) is 0 Å². The fourth-order valence-corrected chi connectivity index (χ4v) is 1.20. The average Bonchev–Trinajstić information content (AvgIpc) is 2.74. The normalized spacial score (nSPS) is 10.7. The summed E-state index contributed by atoms with van der Waals surface area (Å²) in [6.07, 6.45) is 2.03. The van der Waals surface area contributed by atoms with Gasteiger partial charge in [-0.05, 0) is 19.1 Å². The van der Waals surface area contributed by atoms with Crippen LogP contribution in [-0.4, -0.2) is 16.7 Å². The van der Waals surface area contributed by atoms with Crippen molar-refractivity contribution in [1.29, 1.82) is 0 Å². The first-order valence-electron chi connectivity index (χ1n) is 4.41. The summed E-state index contributed by atoms with van der Waals surface area (Å²) in [5, 5.41) is 8.70. The molecule has 1 N–H and O–H groups in total.